The first-order chi connectivity index (χ1) is 9.74. The lowest BCUT2D eigenvalue weighted by Gasteiger charge is -2.18. The van der Waals surface area contributed by atoms with Crippen LogP contribution in [0.3, 0.4) is 0 Å². The van der Waals surface area contributed by atoms with Gasteiger partial charge in [0.05, 0.1) is 20.3 Å². The molecular weight excluding hydrogens is 259 g/mol. The van der Waals surface area contributed by atoms with Crippen molar-refractivity contribution in [1.29, 1.82) is 0 Å². The van der Waals surface area contributed by atoms with Gasteiger partial charge in [0, 0.05) is 11.5 Å². The molecule has 0 bridgehead atoms. The molecule has 0 aliphatic carbocycles. The van der Waals surface area contributed by atoms with Gasteiger partial charge in [0.1, 0.15) is 17.3 Å². The van der Waals surface area contributed by atoms with Crippen LogP contribution in [-0.4, -0.2) is 25.4 Å². The van der Waals surface area contributed by atoms with Gasteiger partial charge in [-0.3, -0.25) is 0 Å². The van der Waals surface area contributed by atoms with Crippen LogP contribution in [0.4, 0.5) is 4.39 Å². The summed E-state index contributed by atoms with van der Waals surface area (Å²) in [5, 5.41) is 9.53. The third kappa shape index (κ3) is 3.48. The van der Waals surface area contributed by atoms with E-state index < -0.39 is 0 Å². The van der Waals surface area contributed by atoms with E-state index in [1.54, 1.807) is 19.2 Å². The van der Waals surface area contributed by atoms with Gasteiger partial charge < -0.3 is 14.6 Å². The van der Waals surface area contributed by atoms with Gasteiger partial charge in [-0.05, 0) is 30.3 Å². The minimum absolute atomic E-state index is 0.0540. The maximum atomic E-state index is 12.8. The van der Waals surface area contributed by atoms with Gasteiger partial charge in [-0.1, -0.05) is 18.2 Å². The number of para-hydroxylation sites is 1. The van der Waals surface area contributed by atoms with Crippen LogP contribution in [0.1, 0.15) is 11.5 Å². The van der Waals surface area contributed by atoms with E-state index in [1.165, 1.54) is 12.1 Å². The molecule has 0 aromatic heterocycles. The van der Waals surface area contributed by atoms with Crippen molar-refractivity contribution in [1.82, 2.24) is 0 Å². The quantitative estimate of drug-likeness (QED) is 0.881. The van der Waals surface area contributed by atoms with E-state index in [4.69, 9.17) is 9.47 Å². The molecule has 1 N–H and O–H groups in total. The Balaban J connectivity index is 2.07. The molecule has 0 spiro atoms. The monoisotopic (exact) mass is 276 g/mol. The number of hydrogen-bond donors (Lipinski definition) is 1. The van der Waals surface area contributed by atoms with E-state index in [2.05, 4.69) is 0 Å². The molecule has 3 nitrogen and oxygen atoms in total. The molecule has 106 valence electrons. The van der Waals surface area contributed by atoms with Crippen LogP contribution in [0, 0.1) is 5.82 Å². The largest absolute Gasteiger partial charge is 0.496 e. The maximum Gasteiger partial charge on any atom is 0.123 e. The molecule has 0 saturated carbocycles. The first-order valence-electron chi connectivity index (χ1n) is 6.36. The number of benzene rings is 2. The lowest BCUT2D eigenvalue weighted by atomic mass is 10.00. The Morgan fingerprint density at radius 1 is 1.10 bits per heavy atom. The highest BCUT2D eigenvalue weighted by Crippen LogP contribution is 2.27. The Morgan fingerprint density at radius 2 is 1.80 bits per heavy atom. The Hall–Kier alpha value is -2.07. The number of aliphatic hydroxyl groups excluding tert-OH is 1. The SMILES string of the molecule is COc1ccccc1C(CO)COc1ccc(F)cc1. The zero-order valence-electron chi connectivity index (χ0n) is 11.3. The lowest BCUT2D eigenvalue weighted by Crippen LogP contribution is -2.15. The summed E-state index contributed by atoms with van der Waals surface area (Å²) < 4.78 is 23.7. The summed E-state index contributed by atoms with van der Waals surface area (Å²) in [5.41, 5.74) is 0.889. The van der Waals surface area contributed by atoms with Gasteiger partial charge in [0.25, 0.3) is 0 Å². The van der Waals surface area contributed by atoms with Crippen LogP contribution in [0.2, 0.25) is 0 Å². The third-order valence-electron chi connectivity index (χ3n) is 3.06. The number of aliphatic hydroxyl groups is 1. The predicted molar refractivity (Wildman–Crippen MR) is 74.7 cm³/mol. The van der Waals surface area contributed by atoms with Gasteiger partial charge in [-0.2, -0.15) is 0 Å². The summed E-state index contributed by atoms with van der Waals surface area (Å²) in [6.45, 7) is 0.240. The summed E-state index contributed by atoms with van der Waals surface area (Å²) in [6, 6.07) is 13.3. The van der Waals surface area contributed by atoms with E-state index in [9.17, 15) is 9.50 Å². The Labute approximate surface area is 117 Å². The zero-order chi connectivity index (χ0) is 14.4. The van der Waals surface area contributed by atoms with E-state index in [0.29, 0.717) is 18.1 Å². The van der Waals surface area contributed by atoms with Crippen LogP contribution in [-0.2, 0) is 0 Å². The van der Waals surface area contributed by atoms with Crippen molar-refractivity contribution >= 4 is 0 Å². The molecule has 20 heavy (non-hydrogen) atoms. The summed E-state index contributed by atoms with van der Waals surface area (Å²) in [7, 11) is 1.59. The third-order valence-corrected chi connectivity index (χ3v) is 3.06. The second-order valence-corrected chi connectivity index (χ2v) is 4.39. The summed E-state index contributed by atoms with van der Waals surface area (Å²) >= 11 is 0. The number of hydrogen-bond acceptors (Lipinski definition) is 3. The molecule has 0 aliphatic heterocycles. The summed E-state index contributed by atoms with van der Waals surface area (Å²) in [6.07, 6.45) is 0. The van der Waals surface area contributed by atoms with Crippen molar-refractivity contribution in [3.8, 4) is 11.5 Å². The molecule has 2 aromatic rings. The molecule has 0 heterocycles. The van der Waals surface area contributed by atoms with Crippen molar-refractivity contribution in [2.24, 2.45) is 0 Å². The molecular formula is C16H17FO3. The molecule has 0 aliphatic rings. The molecule has 2 aromatic carbocycles. The van der Waals surface area contributed by atoms with Crippen molar-refractivity contribution in [3.63, 3.8) is 0 Å². The average Bonchev–Trinajstić information content (AvgIpc) is 2.50. The van der Waals surface area contributed by atoms with Crippen LogP contribution in [0.15, 0.2) is 48.5 Å². The first-order valence-corrected chi connectivity index (χ1v) is 6.36. The van der Waals surface area contributed by atoms with Crippen LogP contribution >= 0.6 is 0 Å². The van der Waals surface area contributed by atoms with Crippen molar-refractivity contribution in [3.05, 3.63) is 59.9 Å². The Kier molecular flexibility index (Phi) is 4.96. The Morgan fingerprint density at radius 3 is 2.45 bits per heavy atom. The molecule has 0 fully saturated rings. The first kappa shape index (κ1) is 14.3. The molecule has 0 amide bonds. The Bertz CT molecular complexity index is 540. The fraction of sp³-hybridized carbons (Fsp3) is 0.250. The minimum Gasteiger partial charge on any atom is -0.496 e. The van der Waals surface area contributed by atoms with Gasteiger partial charge in [-0.25, -0.2) is 4.39 Å². The van der Waals surface area contributed by atoms with E-state index in [1.807, 2.05) is 24.3 Å². The fourth-order valence-corrected chi connectivity index (χ4v) is 1.97. The van der Waals surface area contributed by atoms with E-state index in [-0.39, 0.29) is 18.3 Å². The van der Waals surface area contributed by atoms with Gasteiger partial charge in [0.15, 0.2) is 0 Å². The fourth-order valence-electron chi connectivity index (χ4n) is 1.97. The normalized spacial score (nSPS) is 11.9. The standard InChI is InChI=1S/C16H17FO3/c1-19-16-5-3-2-4-15(16)12(10-18)11-20-14-8-6-13(17)7-9-14/h2-9,12,18H,10-11H2,1H3. The highest BCUT2D eigenvalue weighted by Gasteiger charge is 2.15. The van der Waals surface area contributed by atoms with Gasteiger partial charge in [0.2, 0.25) is 0 Å². The van der Waals surface area contributed by atoms with Crippen molar-refractivity contribution < 1.29 is 19.0 Å². The van der Waals surface area contributed by atoms with Crippen LogP contribution in [0.5, 0.6) is 11.5 Å². The predicted octanol–water partition coefficient (Wildman–Crippen LogP) is 2.99. The molecule has 2 rings (SSSR count). The van der Waals surface area contributed by atoms with E-state index >= 15 is 0 Å². The molecule has 0 radical (unpaired) electrons. The number of ether oxygens (including phenoxy) is 2. The topological polar surface area (TPSA) is 38.7 Å². The number of halogens is 1. The second-order valence-electron chi connectivity index (χ2n) is 4.39. The summed E-state index contributed by atoms with van der Waals surface area (Å²) in [5.74, 6) is 0.783. The zero-order valence-corrected chi connectivity index (χ0v) is 11.3. The highest BCUT2D eigenvalue weighted by molar-refractivity contribution is 5.36. The molecule has 4 heteroatoms. The molecule has 1 atom stereocenters. The highest BCUT2D eigenvalue weighted by atomic mass is 19.1. The second kappa shape index (κ2) is 6.91. The van der Waals surface area contributed by atoms with Gasteiger partial charge in [-0.15, -0.1) is 0 Å². The maximum absolute atomic E-state index is 12.8. The smallest absolute Gasteiger partial charge is 0.123 e. The van der Waals surface area contributed by atoms with Crippen LogP contribution < -0.4 is 9.47 Å². The lowest BCUT2D eigenvalue weighted by molar-refractivity contribution is 0.202. The van der Waals surface area contributed by atoms with Crippen LogP contribution in [0.25, 0.3) is 0 Å². The number of rotatable bonds is 6. The van der Waals surface area contributed by atoms with Gasteiger partial charge >= 0.3 is 0 Å². The average molecular weight is 276 g/mol. The van der Waals surface area contributed by atoms with Crippen molar-refractivity contribution in [2.75, 3.05) is 20.3 Å². The summed E-state index contributed by atoms with van der Waals surface area (Å²) in [4.78, 5) is 0. The minimum atomic E-state index is -0.305. The molecule has 0 saturated heterocycles. The van der Waals surface area contributed by atoms with Crippen molar-refractivity contribution in [2.45, 2.75) is 5.92 Å². The molecule has 1 unspecified atom stereocenters. The van der Waals surface area contributed by atoms with E-state index in [0.717, 1.165) is 5.56 Å². The number of methoxy groups -OCH3 is 1.